The van der Waals surface area contributed by atoms with E-state index < -0.39 is 17.4 Å². The summed E-state index contributed by atoms with van der Waals surface area (Å²) in [5.41, 5.74) is 4.53. The molecule has 2 saturated carbocycles. The van der Waals surface area contributed by atoms with Gasteiger partial charge in [0, 0.05) is 28.0 Å². The summed E-state index contributed by atoms with van der Waals surface area (Å²) in [6, 6.07) is 1.75. The molecule has 37 heavy (non-hydrogen) atoms. The molecule has 1 heterocycles. The van der Waals surface area contributed by atoms with Crippen LogP contribution in [-0.2, 0) is 14.9 Å². The highest BCUT2D eigenvalue weighted by Gasteiger charge is 2.66. The molecule has 2 bridgehead atoms. The summed E-state index contributed by atoms with van der Waals surface area (Å²) in [5.74, 6) is 0.0104. The molecule has 1 spiro atoms. The third kappa shape index (κ3) is 2.87. The quantitative estimate of drug-likeness (QED) is 0.322. The number of methoxy groups -OCH3 is 1. The van der Waals surface area contributed by atoms with Gasteiger partial charge in [0.2, 0.25) is 0 Å². The Bertz CT molecular complexity index is 1380. The number of aryl methyl sites for hydroxylation is 1. The molecule has 7 rings (SSSR count). The minimum absolute atomic E-state index is 0.0880. The maximum atomic E-state index is 12.8. The third-order valence-electron chi connectivity index (χ3n) is 11.2. The van der Waals surface area contributed by atoms with E-state index in [1.54, 1.807) is 6.07 Å². The number of carboxylic acids is 1. The van der Waals surface area contributed by atoms with Gasteiger partial charge in [0.15, 0.2) is 0 Å². The molecule has 6 atom stereocenters. The Labute approximate surface area is 218 Å². The minimum Gasteiger partial charge on any atom is -0.508 e. The number of fused-ring (bicyclic) bond motifs is 2. The molecule has 3 N–H and O–H groups in total. The molecule has 2 aromatic rings. The van der Waals surface area contributed by atoms with Gasteiger partial charge in [0.05, 0.1) is 23.6 Å². The topological polar surface area (TPSA) is 99.6 Å². The standard InChI is InChI=1S/C31H39NO5/c1-15(2)19-14-31-11-8-21-29(4,9-7-10-30(21,5)28(35)36)22(31)13-17(19)24-20(33)12-18-23(27(34)37-6)16(3)32-26(18)25(24)31/h12,14-15,17,21-22,32-33H,7-11,13H2,1-6H3,(H,35,36)/t17-,21+,22+,29-,30?,31-/m0/s1. The highest BCUT2D eigenvalue weighted by atomic mass is 16.5. The number of hydrogen-bond acceptors (Lipinski definition) is 4. The van der Waals surface area contributed by atoms with Crippen molar-refractivity contribution in [3.8, 4) is 5.75 Å². The van der Waals surface area contributed by atoms with E-state index >= 15 is 0 Å². The fraction of sp³-hybridized carbons (Fsp3) is 0.613. The predicted octanol–water partition coefficient (Wildman–Crippen LogP) is 6.60. The minimum atomic E-state index is -0.714. The van der Waals surface area contributed by atoms with Gasteiger partial charge in [-0.25, -0.2) is 4.79 Å². The first kappa shape index (κ1) is 24.6. The number of aromatic nitrogens is 1. The molecule has 0 amide bonds. The Morgan fingerprint density at radius 2 is 1.89 bits per heavy atom. The van der Waals surface area contributed by atoms with Crippen molar-refractivity contribution in [1.82, 2.24) is 4.98 Å². The van der Waals surface area contributed by atoms with Crippen LogP contribution in [0, 0.1) is 35.5 Å². The second-order valence-corrected chi connectivity index (χ2v) is 13.1. The molecular weight excluding hydrogens is 466 g/mol. The third-order valence-corrected chi connectivity index (χ3v) is 11.2. The molecule has 5 aliphatic carbocycles. The smallest absolute Gasteiger partial charge is 0.340 e. The van der Waals surface area contributed by atoms with Crippen LogP contribution in [0.3, 0.4) is 0 Å². The summed E-state index contributed by atoms with van der Waals surface area (Å²) >= 11 is 0. The summed E-state index contributed by atoms with van der Waals surface area (Å²) in [6.45, 7) is 10.7. The van der Waals surface area contributed by atoms with Crippen LogP contribution in [0.1, 0.15) is 99.3 Å². The van der Waals surface area contributed by atoms with E-state index in [4.69, 9.17) is 4.74 Å². The van der Waals surface area contributed by atoms with Crippen LogP contribution in [0.2, 0.25) is 0 Å². The van der Waals surface area contributed by atoms with Crippen LogP contribution in [-0.4, -0.2) is 34.2 Å². The molecule has 1 aromatic carbocycles. The Kier molecular flexibility index (Phi) is 5.07. The van der Waals surface area contributed by atoms with Gasteiger partial charge in [-0.15, -0.1) is 0 Å². The lowest BCUT2D eigenvalue weighted by atomic mass is 9.37. The first-order chi connectivity index (χ1) is 17.4. The van der Waals surface area contributed by atoms with E-state index in [1.165, 1.54) is 12.7 Å². The number of allylic oxidation sites excluding steroid dienone is 2. The van der Waals surface area contributed by atoms with Crippen LogP contribution in [0.15, 0.2) is 17.7 Å². The van der Waals surface area contributed by atoms with Crippen molar-refractivity contribution in [2.75, 3.05) is 7.11 Å². The van der Waals surface area contributed by atoms with Crippen LogP contribution >= 0.6 is 0 Å². The van der Waals surface area contributed by atoms with Gasteiger partial charge in [0.25, 0.3) is 0 Å². The fourth-order valence-corrected chi connectivity index (χ4v) is 9.69. The Hall–Kier alpha value is -2.76. The molecule has 0 aliphatic heterocycles. The zero-order valence-electron chi connectivity index (χ0n) is 22.8. The number of phenols is 1. The van der Waals surface area contributed by atoms with E-state index in [0.717, 1.165) is 60.9 Å². The van der Waals surface area contributed by atoms with E-state index in [9.17, 15) is 19.8 Å². The molecular formula is C31H39NO5. The first-order valence-electron chi connectivity index (χ1n) is 13.8. The largest absolute Gasteiger partial charge is 0.508 e. The number of carboxylic acid groups (broad SMARTS) is 1. The van der Waals surface area contributed by atoms with E-state index in [1.807, 2.05) is 13.8 Å². The summed E-state index contributed by atoms with van der Waals surface area (Å²) in [6.07, 6.45) is 7.81. The fourth-order valence-electron chi connectivity index (χ4n) is 9.69. The summed E-state index contributed by atoms with van der Waals surface area (Å²) in [7, 11) is 1.39. The number of phenolic OH excluding ortho intramolecular Hbond substituents is 1. The number of aromatic hydroxyl groups is 1. The number of nitrogens with one attached hydrogen (secondary N) is 1. The van der Waals surface area contributed by atoms with Crippen molar-refractivity contribution in [2.45, 2.75) is 84.5 Å². The van der Waals surface area contributed by atoms with Gasteiger partial charge in [-0.3, -0.25) is 4.79 Å². The number of carbonyl (C=O) groups excluding carboxylic acids is 1. The Morgan fingerprint density at radius 1 is 1.16 bits per heavy atom. The molecule has 0 radical (unpaired) electrons. The average molecular weight is 506 g/mol. The lowest BCUT2D eigenvalue weighted by molar-refractivity contribution is -0.171. The number of H-pyrrole nitrogens is 1. The van der Waals surface area contributed by atoms with Crippen molar-refractivity contribution in [3.63, 3.8) is 0 Å². The lowest BCUT2D eigenvalue weighted by Gasteiger charge is -2.66. The van der Waals surface area contributed by atoms with Crippen LogP contribution in [0.25, 0.3) is 10.9 Å². The Morgan fingerprint density at radius 3 is 2.54 bits per heavy atom. The summed E-state index contributed by atoms with van der Waals surface area (Å²) in [5, 5.41) is 22.6. The van der Waals surface area contributed by atoms with Gasteiger partial charge in [-0.2, -0.15) is 0 Å². The lowest BCUT2D eigenvalue weighted by Crippen LogP contribution is -2.61. The zero-order valence-corrected chi connectivity index (χ0v) is 22.8. The normalized spacial score (nSPS) is 36.1. The van der Waals surface area contributed by atoms with Crippen molar-refractivity contribution in [3.05, 3.63) is 40.1 Å². The molecule has 0 saturated heterocycles. The van der Waals surface area contributed by atoms with E-state index in [-0.39, 0.29) is 34.3 Å². The van der Waals surface area contributed by atoms with Crippen molar-refractivity contribution in [2.24, 2.45) is 28.6 Å². The van der Waals surface area contributed by atoms with Gasteiger partial charge in [-0.05, 0) is 80.8 Å². The highest BCUT2D eigenvalue weighted by molar-refractivity contribution is 6.07. The van der Waals surface area contributed by atoms with Crippen molar-refractivity contribution < 1.29 is 24.5 Å². The van der Waals surface area contributed by atoms with Crippen molar-refractivity contribution in [1.29, 1.82) is 0 Å². The van der Waals surface area contributed by atoms with Crippen LogP contribution in [0.5, 0.6) is 5.75 Å². The second kappa shape index (κ2) is 7.64. The van der Waals surface area contributed by atoms with Crippen LogP contribution < -0.4 is 0 Å². The van der Waals surface area contributed by atoms with E-state index in [2.05, 4.69) is 31.8 Å². The second-order valence-electron chi connectivity index (χ2n) is 13.1. The molecule has 6 nitrogen and oxygen atoms in total. The molecule has 1 aromatic heterocycles. The van der Waals surface area contributed by atoms with Gasteiger partial charge in [0.1, 0.15) is 5.75 Å². The zero-order chi connectivity index (χ0) is 26.7. The number of esters is 1. The molecule has 2 fully saturated rings. The van der Waals surface area contributed by atoms with Gasteiger partial charge in [-0.1, -0.05) is 38.8 Å². The monoisotopic (exact) mass is 505 g/mol. The predicted molar refractivity (Wildman–Crippen MR) is 142 cm³/mol. The van der Waals surface area contributed by atoms with Crippen molar-refractivity contribution >= 4 is 22.8 Å². The summed E-state index contributed by atoms with van der Waals surface area (Å²) < 4.78 is 5.11. The maximum absolute atomic E-state index is 12.8. The number of carbonyl (C=O) groups is 2. The molecule has 1 unspecified atom stereocenters. The number of aromatic amines is 1. The maximum Gasteiger partial charge on any atom is 0.340 e. The number of aliphatic carboxylic acids is 1. The number of hydrogen-bond donors (Lipinski definition) is 3. The number of ether oxygens (including phenoxy) is 1. The van der Waals surface area contributed by atoms with Gasteiger partial charge >= 0.3 is 11.9 Å². The molecule has 198 valence electrons. The molecule has 6 heteroatoms. The average Bonchev–Trinajstić information content (AvgIpc) is 3.17. The Balaban J connectivity index is 1.65. The number of benzene rings is 1. The number of rotatable bonds is 3. The SMILES string of the molecule is COC(=O)c1c(C)[nH]c2c3c(c(O)cc12)[C@H]1C[C@@H]2[C@@]4(C)CCCC(C)(C(=O)O)[C@@H]4CC[C@@]32C=C1C(C)C. The van der Waals surface area contributed by atoms with E-state index in [0.29, 0.717) is 16.9 Å². The summed E-state index contributed by atoms with van der Waals surface area (Å²) in [4.78, 5) is 28.9. The molecule has 5 aliphatic rings. The first-order valence-corrected chi connectivity index (χ1v) is 13.8. The highest BCUT2D eigenvalue weighted by Crippen LogP contribution is 2.72. The van der Waals surface area contributed by atoms with Crippen LogP contribution in [0.4, 0.5) is 0 Å². The van der Waals surface area contributed by atoms with Gasteiger partial charge < -0.3 is 19.9 Å².